The average Bonchev–Trinajstić information content (AvgIpc) is 2.27. The predicted molar refractivity (Wildman–Crippen MR) is 79.6 cm³/mol. The third-order valence-electron chi connectivity index (χ3n) is 3.32. The SMILES string of the molecule is CCC(C)C(C)Nc1cc(C)ccc1C(N)=S. The molecule has 94 valence electrons. The molecule has 0 amide bonds. The third kappa shape index (κ3) is 3.70. The fourth-order valence-corrected chi connectivity index (χ4v) is 1.91. The van der Waals surface area contributed by atoms with Crippen molar-refractivity contribution in [3.8, 4) is 0 Å². The highest BCUT2D eigenvalue weighted by Gasteiger charge is 2.12. The van der Waals surface area contributed by atoms with E-state index in [0.717, 1.165) is 17.7 Å². The van der Waals surface area contributed by atoms with Crippen molar-refractivity contribution in [2.75, 3.05) is 5.32 Å². The first kappa shape index (κ1) is 14.0. The first-order valence-corrected chi connectivity index (χ1v) is 6.53. The van der Waals surface area contributed by atoms with Crippen LogP contribution in [0.15, 0.2) is 18.2 Å². The van der Waals surface area contributed by atoms with E-state index in [1.807, 2.05) is 12.1 Å². The van der Waals surface area contributed by atoms with Gasteiger partial charge < -0.3 is 11.1 Å². The Morgan fingerprint density at radius 2 is 2.06 bits per heavy atom. The van der Waals surface area contributed by atoms with Crippen LogP contribution >= 0.6 is 12.2 Å². The van der Waals surface area contributed by atoms with Crippen molar-refractivity contribution in [2.45, 2.75) is 40.2 Å². The molecule has 0 fully saturated rings. The van der Waals surface area contributed by atoms with Gasteiger partial charge >= 0.3 is 0 Å². The number of nitrogens with one attached hydrogen (secondary N) is 1. The summed E-state index contributed by atoms with van der Waals surface area (Å²) in [6.07, 6.45) is 1.16. The minimum Gasteiger partial charge on any atom is -0.389 e. The van der Waals surface area contributed by atoms with E-state index in [2.05, 4.69) is 39.1 Å². The summed E-state index contributed by atoms with van der Waals surface area (Å²) in [5.74, 6) is 0.620. The zero-order chi connectivity index (χ0) is 13.0. The van der Waals surface area contributed by atoms with Crippen LogP contribution in [0, 0.1) is 12.8 Å². The van der Waals surface area contributed by atoms with Crippen molar-refractivity contribution in [3.05, 3.63) is 29.3 Å². The van der Waals surface area contributed by atoms with E-state index in [0.29, 0.717) is 16.9 Å². The van der Waals surface area contributed by atoms with Gasteiger partial charge in [-0.05, 0) is 37.5 Å². The van der Waals surface area contributed by atoms with Crippen molar-refractivity contribution in [1.82, 2.24) is 0 Å². The van der Waals surface area contributed by atoms with Crippen molar-refractivity contribution >= 4 is 22.9 Å². The number of nitrogens with two attached hydrogens (primary N) is 1. The molecule has 2 unspecified atom stereocenters. The maximum Gasteiger partial charge on any atom is 0.106 e. The molecule has 0 aliphatic rings. The standard InChI is InChI=1S/C14H22N2S/c1-5-10(3)11(4)16-13-8-9(2)6-7-12(13)14(15)17/h6-8,10-11,16H,5H2,1-4H3,(H2,15,17). The smallest absolute Gasteiger partial charge is 0.106 e. The van der Waals surface area contributed by atoms with E-state index in [4.69, 9.17) is 18.0 Å². The summed E-state index contributed by atoms with van der Waals surface area (Å²) in [5.41, 5.74) is 8.93. The van der Waals surface area contributed by atoms with Gasteiger partial charge in [-0.25, -0.2) is 0 Å². The van der Waals surface area contributed by atoms with E-state index in [-0.39, 0.29) is 0 Å². The minimum atomic E-state index is 0.412. The van der Waals surface area contributed by atoms with E-state index >= 15 is 0 Å². The van der Waals surface area contributed by atoms with Gasteiger partial charge in [0, 0.05) is 17.3 Å². The van der Waals surface area contributed by atoms with E-state index < -0.39 is 0 Å². The van der Waals surface area contributed by atoms with Crippen molar-refractivity contribution in [1.29, 1.82) is 0 Å². The lowest BCUT2D eigenvalue weighted by Crippen LogP contribution is -2.25. The quantitative estimate of drug-likeness (QED) is 0.786. The molecule has 0 heterocycles. The second kappa shape index (κ2) is 6.01. The van der Waals surface area contributed by atoms with Crippen LogP contribution in [-0.2, 0) is 0 Å². The average molecular weight is 250 g/mol. The third-order valence-corrected chi connectivity index (χ3v) is 3.54. The zero-order valence-electron chi connectivity index (χ0n) is 11.1. The highest BCUT2D eigenvalue weighted by Crippen LogP contribution is 2.21. The van der Waals surface area contributed by atoms with Crippen molar-refractivity contribution in [3.63, 3.8) is 0 Å². The zero-order valence-corrected chi connectivity index (χ0v) is 11.9. The molecule has 1 aromatic carbocycles. The molecular weight excluding hydrogens is 228 g/mol. The molecule has 0 spiro atoms. The first-order chi connectivity index (χ1) is 7.95. The number of anilines is 1. The summed E-state index contributed by atoms with van der Waals surface area (Å²) in [6.45, 7) is 8.71. The summed E-state index contributed by atoms with van der Waals surface area (Å²) in [4.78, 5) is 0.448. The predicted octanol–water partition coefficient (Wildman–Crippen LogP) is 3.48. The second-order valence-electron chi connectivity index (χ2n) is 4.73. The molecule has 1 aromatic rings. The van der Waals surface area contributed by atoms with Crippen molar-refractivity contribution in [2.24, 2.45) is 11.7 Å². The van der Waals surface area contributed by atoms with Gasteiger partial charge in [-0.3, -0.25) is 0 Å². The summed E-state index contributed by atoms with van der Waals surface area (Å²) >= 11 is 5.08. The molecule has 0 aliphatic carbocycles. The summed E-state index contributed by atoms with van der Waals surface area (Å²) in [7, 11) is 0. The van der Waals surface area contributed by atoms with E-state index in [1.54, 1.807) is 0 Å². The molecule has 0 saturated heterocycles. The Bertz CT molecular complexity index is 401. The Hall–Kier alpha value is -1.09. The summed E-state index contributed by atoms with van der Waals surface area (Å²) in [6, 6.07) is 6.54. The topological polar surface area (TPSA) is 38.0 Å². The van der Waals surface area contributed by atoms with E-state index in [1.165, 1.54) is 5.56 Å². The monoisotopic (exact) mass is 250 g/mol. The maximum atomic E-state index is 5.74. The van der Waals surface area contributed by atoms with Crippen LogP contribution < -0.4 is 11.1 Å². The molecule has 0 radical (unpaired) electrons. The summed E-state index contributed by atoms with van der Waals surface area (Å²) in [5, 5.41) is 3.52. The van der Waals surface area contributed by atoms with Gasteiger partial charge in [0.15, 0.2) is 0 Å². The Morgan fingerprint density at radius 3 is 2.59 bits per heavy atom. The summed E-state index contributed by atoms with van der Waals surface area (Å²) < 4.78 is 0. The van der Waals surface area contributed by atoms with Gasteiger partial charge in [0.25, 0.3) is 0 Å². The molecule has 3 N–H and O–H groups in total. The lowest BCUT2D eigenvalue weighted by atomic mass is 9.99. The molecule has 0 saturated carbocycles. The molecule has 17 heavy (non-hydrogen) atoms. The van der Waals surface area contributed by atoms with E-state index in [9.17, 15) is 0 Å². The van der Waals surface area contributed by atoms with Gasteiger partial charge in [0.2, 0.25) is 0 Å². The number of aryl methyl sites for hydroxylation is 1. The molecule has 2 nitrogen and oxygen atoms in total. The van der Waals surface area contributed by atoms with Crippen LogP contribution in [0.4, 0.5) is 5.69 Å². The first-order valence-electron chi connectivity index (χ1n) is 6.12. The Kier molecular flexibility index (Phi) is 4.94. The maximum absolute atomic E-state index is 5.74. The second-order valence-corrected chi connectivity index (χ2v) is 5.17. The number of hydrogen-bond acceptors (Lipinski definition) is 2. The fraction of sp³-hybridized carbons (Fsp3) is 0.500. The number of hydrogen-bond donors (Lipinski definition) is 2. The number of rotatable bonds is 5. The van der Waals surface area contributed by atoms with Crippen LogP contribution in [0.25, 0.3) is 0 Å². The number of thiocarbonyl (C=S) groups is 1. The molecular formula is C14H22N2S. The van der Waals surface area contributed by atoms with Crippen LogP contribution in [0.3, 0.4) is 0 Å². The lowest BCUT2D eigenvalue weighted by molar-refractivity contribution is 0.494. The molecule has 1 rings (SSSR count). The Balaban J connectivity index is 2.96. The highest BCUT2D eigenvalue weighted by atomic mass is 32.1. The number of benzene rings is 1. The Morgan fingerprint density at radius 1 is 1.41 bits per heavy atom. The van der Waals surface area contributed by atoms with Crippen LogP contribution in [-0.4, -0.2) is 11.0 Å². The van der Waals surface area contributed by atoms with Gasteiger partial charge in [0.1, 0.15) is 4.99 Å². The highest BCUT2D eigenvalue weighted by molar-refractivity contribution is 7.80. The normalized spacial score (nSPS) is 14.1. The largest absolute Gasteiger partial charge is 0.389 e. The van der Waals surface area contributed by atoms with Gasteiger partial charge in [-0.2, -0.15) is 0 Å². The lowest BCUT2D eigenvalue weighted by Gasteiger charge is -2.23. The Labute approximate surface area is 110 Å². The fourth-order valence-electron chi connectivity index (χ4n) is 1.73. The molecule has 0 aromatic heterocycles. The van der Waals surface area contributed by atoms with Crippen LogP contribution in [0.1, 0.15) is 38.3 Å². The minimum absolute atomic E-state index is 0.412. The van der Waals surface area contributed by atoms with Gasteiger partial charge in [-0.15, -0.1) is 0 Å². The van der Waals surface area contributed by atoms with Crippen molar-refractivity contribution < 1.29 is 0 Å². The van der Waals surface area contributed by atoms with Crippen LogP contribution in [0.2, 0.25) is 0 Å². The van der Waals surface area contributed by atoms with Crippen LogP contribution in [0.5, 0.6) is 0 Å². The molecule has 2 atom stereocenters. The molecule has 3 heteroatoms. The molecule has 0 aliphatic heterocycles. The van der Waals surface area contributed by atoms with Gasteiger partial charge in [-0.1, -0.05) is 38.6 Å². The van der Waals surface area contributed by atoms with Gasteiger partial charge in [0.05, 0.1) is 0 Å². The molecule has 0 bridgehead atoms.